The summed E-state index contributed by atoms with van der Waals surface area (Å²) in [6, 6.07) is 4.70. The summed E-state index contributed by atoms with van der Waals surface area (Å²) >= 11 is 0. The summed E-state index contributed by atoms with van der Waals surface area (Å²) < 4.78 is 38.3. The van der Waals surface area contributed by atoms with Crippen LogP contribution in [0.3, 0.4) is 0 Å². The van der Waals surface area contributed by atoms with Crippen molar-refractivity contribution in [1.82, 2.24) is 5.32 Å². The summed E-state index contributed by atoms with van der Waals surface area (Å²) in [7, 11) is 1.37. The molecular formula is C12H16F2N2O4. The van der Waals surface area contributed by atoms with E-state index in [1.54, 1.807) is 6.07 Å². The molecule has 1 amide bonds. The molecule has 0 bridgehead atoms. The predicted molar refractivity (Wildman–Crippen MR) is 66.9 cm³/mol. The average molecular weight is 290 g/mol. The van der Waals surface area contributed by atoms with Crippen LogP contribution in [0.1, 0.15) is 5.56 Å². The molecule has 1 aromatic rings. The molecule has 0 fully saturated rings. The highest BCUT2D eigenvalue weighted by Gasteiger charge is 2.11. The van der Waals surface area contributed by atoms with Crippen LogP contribution in [0, 0.1) is 0 Å². The Bertz CT molecular complexity index is 443. The summed E-state index contributed by atoms with van der Waals surface area (Å²) in [5.74, 6) is 0.196. The second-order valence-corrected chi connectivity index (χ2v) is 3.71. The molecule has 0 spiro atoms. The van der Waals surface area contributed by atoms with Crippen molar-refractivity contribution >= 4 is 6.09 Å². The normalized spacial score (nSPS) is 10.4. The van der Waals surface area contributed by atoms with Crippen molar-refractivity contribution in [3.8, 4) is 11.5 Å². The van der Waals surface area contributed by atoms with Gasteiger partial charge in [0.25, 0.3) is 0 Å². The predicted octanol–water partition coefficient (Wildman–Crippen LogP) is 1.48. The number of hydrogen-bond acceptors (Lipinski definition) is 5. The first-order valence-corrected chi connectivity index (χ1v) is 5.77. The monoisotopic (exact) mass is 290 g/mol. The molecule has 0 unspecified atom stereocenters. The minimum atomic E-state index is -2.92. The number of nitrogens with one attached hydrogen (secondary N) is 1. The Morgan fingerprint density at radius 1 is 1.40 bits per heavy atom. The van der Waals surface area contributed by atoms with Gasteiger partial charge < -0.3 is 25.3 Å². The van der Waals surface area contributed by atoms with Crippen LogP contribution in [0.25, 0.3) is 0 Å². The minimum absolute atomic E-state index is 0.0322. The lowest BCUT2D eigenvalue weighted by atomic mass is 10.2. The molecule has 0 aliphatic carbocycles. The van der Waals surface area contributed by atoms with Gasteiger partial charge in [-0.25, -0.2) is 4.79 Å². The van der Waals surface area contributed by atoms with Crippen molar-refractivity contribution in [2.45, 2.75) is 13.2 Å². The summed E-state index contributed by atoms with van der Waals surface area (Å²) in [6.45, 7) is -2.01. The quantitative estimate of drug-likeness (QED) is 0.709. The Labute approximate surface area is 114 Å². The van der Waals surface area contributed by atoms with E-state index in [4.69, 9.17) is 10.5 Å². The Morgan fingerprint density at radius 2 is 2.15 bits per heavy atom. The summed E-state index contributed by atoms with van der Waals surface area (Å²) in [4.78, 5) is 10.3. The van der Waals surface area contributed by atoms with E-state index in [-0.39, 0.29) is 18.1 Å². The Kier molecular flexibility index (Phi) is 6.51. The van der Waals surface area contributed by atoms with Crippen LogP contribution in [-0.4, -0.2) is 33.0 Å². The number of alkyl halides is 2. The Hall–Kier alpha value is -2.09. The van der Waals surface area contributed by atoms with Crippen molar-refractivity contribution in [1.29, 1.82) is 0 Å². The van der Waals surface area contributed by atoms with Gasteiger partial charge in [-0.1, -0.05) is 6.07 Å². The number of carbonyl (C=O) groups excluding carboxylic acids is 1. The average Bonchev–Trinajstić information content (AvgIpc) is 2.37. The molecule has 3 N–H and O–H groups in total. The molecule has 0 saturated carbocycles. The zero-order valence-electron chi connectivity index (χ0n) is 10.9. The van der Waals surface area contributed by atoms with Gasteiger partial charge in [-0.05, 0) is 17.7 Å². The molecule has 0 saturated heterocycles. The molecule has 0 aromatic heterocycles. The van der Waals surface area contributed by atoms with E-state index in [9.17, 15) is 13.6 Å². The molecule has 8 heteroatoms. The zero-order chi connectivity index (χ0) is 15.0. The van der Waals surface area contributed by atoms with Gasteiger partial charge in [0.05, 0.1) is 7.11 Å². The molecular weight excluding hydrogens is 274 g/mol. The SMILES string of the molecule is COc1ccc(CNCCOC(N)=O)cc1OC(F)F. The third kappa shape index (κ3) is 5.70. The molecule has 0 radical (unpaired) electrons. The number of benzene rings is 1. The third-order valence-electron chi connectivity index (χ3n) is 2.30. The number of carbonyl (C=O) groups is 1. The summed E-state index contributed by atoms with van der Waals surface area (Å²) in [6.07, 6.45) is -0.844. The number of nitrogens with two attached hydrogens (primary N) is 1. The van der Waals surface area contributed by atoms with E-state index in [0.29, 0.717) is 13.1 Å². The third-order valence-corrected chi connectivity index (χ3v) is 2.30. The van der Waals surface area contributed by atoms with Gasteiger partial charge in [0, 0.05) is 13.1 Å². The van der Waals surface area contributed by atoms with Crippen molar-refractivity contribution in [3.63, 3.8) is 0 Å². The van der Waals surface area contributed by atoms with Crippen molar-refractivity contribution in [3.05, 3.63) is 23.8 Å². The minimum Gasteiger partial charge on any atom is -0.493 e. The maximum atomic E-state index is 12.2. The van der Waals surface area contributed by atoms with Gasteiger partial charge >= 0.3 is 12.7 Å². The fourth-order valence-corrected chi connectivity index (χ4v) is 1.48. The molecule has 6 nitrogen and oxygen atoms in total. The molecule has 20 heavy (non-hydrogen) atoms. The lowest BCUT2D eigenvalue weighted by Gasteiger charge is -2.12. The van der Waals surface area contributed by atoms with Gasteiger partial charge in [-0.15, -0.1) is 0 Å². The fourth-order valence-electron chi connectivity index (χ4n) is 1.48. The summed E-state index contributed by atoms with van der Waals surface area (Å²) in [5.41, 5.74) is 5.52. The highest BCUT2D eigenvalue weighted by atomic mass is 19.3. The van der Waals surface area contributed by atoms with Crippen molar-refractivity contribution < 1.29 is 27.8 Å². The lowest BCUT2D eigenvalue weighted by Crippen LogP contribution is -2.23. The fraction of sp³-hybridized carbons (Fsp3) is 0.417. The lowest BCUT2D eigenvalue weighted by molar-refractivity contribution is -0.0512. The van der Waals surface area contributed by atoms with Gasteiger partial charge in [-0.2, -0.15) is 8.78 Å². The molecule has 0 aliphatic heterocycles. The van der Waals surface area contributed by atoms with Gasteiger partial charge in [0.2, 0.25) is 0 Å². The number of rotatable bonds is 8. The van der Waals surface area contributed by atoms with Crippen molar-refractivity contribution in [2.75, 3.05) is 20.3 Å². The van der Waals surface area contributed by atoms with Crippen LogP contribution < -0.4 is 20.5 Å². The van der Waals surface area contributed by atoms with Crippen molar-refractivity contribution in [2.24, 2.45) is 5.73 Å². The van der Waals surface area contributed by atoms with Gasteiger partial charge in [-0.3, -0.25) is 0 Å². The first-order valence-electron chi connectivity index (χ1n) is 5.77. The van der Waals surface area contributed by atoms with Crippen LogP contribution >= 0.6 is 0 Å². The second kappa shape index (κ2) is 8.16. The smallest absolute Gasteiger partial charge is 0.404 e. The van der Waals surface area contributed by atoms with Crippen LogP contribution in [0.5, 0.6) is 11.5 Å². The van der Waals surface area contributed by atoms with E-state index < -0.39 is 12.7 Å². The Balaban J connectivity index is 2.51. The number of hydrogen-bond donors (Lipinski definition) is 2. The van der Waals surface area contributed by atoms with Gasteiger partial charge in [0.1, 0.15) is 6.61 Å². The standard InChI is InChI=1S/C12H16F2N2O4/c1-18-9-3-2-8(6-10(9)20-11(13)14)7-16-4-5-19-12(15)17/h2-3,6,11,16H,4-5,7H2,1H3,(H2,15,17). The highest BCUT2D eigenvalue weighted by molar-refractivity contribution is 5.64. The topological polar surface area (TPSA) is 82.8 Å². The number of amides is 1. The first-order chi connectivity index (χ1) is 9.52. The second-order valence-electron chi connectivity index (χ2n) is 3.71. The maximum absolute atomic E-state index is 12.2. The first kappa shape index (κ1) is 16.0. The largest absolute Gasteiger partial charge is 0.493 e. The zero-order valence-corrected chi connectivity index (χ0v) is 10.9. The van der Waals surface area contributed by atoms with Crippen LogP contribution in [-0.2, 0) is 11.3 Å². The van der Waals surface area contributed by atoms with E-state index in [1.807, 2.05) is 0 Å². The highest BCUT2D eigenvalue weighted by Crippen LogP contribution is 2.29. The molecule has 1 rings (SSSR count). The maximum Gasteiger partial charge on any atom is 0.404 e. The van der Waals surface area contributed by atoms with Crippen LogP contribution in [0.15, 0.2) is 18.2 Å². The van der Waals surface area contributed by atoms with E-state index in [2.05, 4.69) is 14.8 Å². The number of primary amides is 1. The molecule has 0 atom stereocenters. The van der Waals surface area contributed by atoms with Gasteiger partial charge in [0.15, 0.2) is 11.5 Å². The van der Waals surface area contributed by atoms with E-state index in [0.717, 1.165) is 5.56 Å². The number of halogens is 2. The molecule has 0 heterocycles. The molecule has 1 aromatic carbocycles. The number of methoxy groups -OCH3 is 1. The summed E-state index contributed by atoms with van der Waals surface area (Å²) in [5, 5.41) is 2.96. The van der Waals surface area contributed by atoms with Crippen LogP contribution in [0.4, 0.5) is 13.6 Å². The van der Waals surface area contributed by atoms with Crippen LogP contribution in [0.2, 0.25) is 0 Å². The van der Waals surface area contributed by atoms with E-state index in [1.165, 1.54) is 19.2 Å². The van der Waals surface area contributed by atoms with E-state index >= 15 is 0 Å². The molecule has 0 aliphatic rings. The molecule has 112 valence electrons. The Morgan fingerprint density at radius 3 is 2.75 bits per heavy atom. The number of ether oxygens (including phenoxy) is 3.